The van der Waals surface area contributed by atoms with E-state index in [2.05, 4.69) is 32.2 Å². The number of nitrogens with two attached hydrogens (primary N) is 1. The molecule has 18 heavy (non-hydrogen) atoms. The summed E-state index contributed by atoms with van der Waals surface area (Å²) in [6.07, 6.45) is 2.32. The smallest absolute Gasteiger partial charge is 0.323 e. The SMILES string of the molecule is CC(C)Oc1nc(NN)nc(N2CCCC2C)n1. The van der Waals surface area contributed by atoms with Crippen molar-refractivity contribution in [1.82, 2.24) is 15.0 Å². The van der Waals surface area contributed by atoms with Gasteiger partial charge >= 0.3 is 6.01 Å². The molecule has 100 valence electrons. The third-order valence-electron chi connectivity index (χ3n) is 2.88. The highest BCUT2D eigenvalue weighted by Gasteiger charge is 2.24. The average molecular weight is 252 g/mol. The second-order valence-electron chi connectivity index (χ2n) is 4.74. The fourth-order valence-corrected chi connectivity index (χ4v) is 2.03. The summed E-state index contributed by atoms with van der Waals surface area (Å²) in [7, 11) is 0. The van der Waals surface area contributed by atoms with Crippen molar-refractivity contribution in [2.75, 3.05) is 16.9 Å². The van der Waals surface area contributed by atoms with E-state index in [1.165, 1.54) is 0 Å². The van der Waals surface area contributed by atoms with Gasteiger partial charge in [0.2, 0.25) is 11.9 Å². The predicted octanol–water partition coefficient (Wildman–Crippen LogP) is 0.933. The van der Waals surface area contributed by atoms with E-state index in [0.29, 0.717) is 23.9 Å². The van der Waals surface area contributed by atoms with Crippen LogP contribution < -0.4 is 20.9 Å². The molecule has 7 heteroatoms. The standard InChI is InChI=1S/C11H20N6O/c1-7(2)18-11-14-9(16-12)13-10(15-11)17-6-4-5-8(17)3/h7-8H,4-6,12H2,1-3H3,(H,13,14,15,16). The summed E-state index contributed by atoms with van der Waals surface area (Å²) < 4.78 is 5.51. The zero-order valence-electron chi connectivity index (χ0n) is 11.1. The zero-order valence-corrected chi connectivity index (χ0v) is 11.1. The van der Waals surface area contributed by atoms with Gasteiger partial charge in [0.1, 0.15) is 0 Å². The maximum absolute atomic E-state index is 5.51. The van der Waals surface area contributed by atoms with E-state index in [1.54, 1.807) is 0 Å². The summed E-state index contributed by atoms with van der Waals surface area (Å²) in [4.78, 5) is 14.8. The molecule has 1 aromatic rings. The number of hydrogen-bond donors (Lipinski definition) is 2. The van der Waals surface area contributed by atoms with Crippen LogP contribution in [0, 0.1) is 0 Å². The molecule has 0 radical (unpaired) electrons. The molecule has 3 N–H and O–H groups in total. The van der Waals surface area contributed by atoms with Gasteiger partial charge in [-0.1, -0.05) is 0 Å². The summed E-state index contributed by atoms with van der Waals surface area (Å²) >= 11 is 0. The highest BCUT2D eigenvalue weighted by atomic mass is 16.5. The summed E-state index contributed by atoms with van der Waals surface area (Å²) in [5, 5.41) is 0. The third kappa shape index (κ3) is 2.79. The third-order valence-corrected chi connectivity index (χ3v) is 2.88. The molecule has 1 atom stereocenters. The molecule has 2 rings (SSSR count). The van der Waals surface area contributed by atoms with Crippen LogP contribution in [0.2, 0.25) is 0 Å². The molecule has 0 bridgehead atoms. The average Bonchev–Trinajstić information content (AvgIpc) is 2.74. The van der Waals surface area contributed by atoms with Crippen LogP contribution >= 0.6 is 0 Å². The molecule has 1 saturated heterocycles. The van der Waals surface area contributed by atoms with E-state index in [0.717, 1.165) is 19.4 Å². The zero-order chi connectivity index (χ0) is 13.1. The molecule has 1 unspecified atom stereocenters. The minimum atomic E-state index is 0.0156. The van der Waals surface area contributed by atoms with E-state index < -0.39 is 0 Å². The van der Waals surface area contributed by atoms with Gasteiger partial charge in [-0.25, -0.2) is 5.84 Å². The molecule has 2 heterocycles. The monoisotopic (exact) mass is 252 g/mol. The fraction of sp³-hybridized carbons (Fsp3) is 0.727. The number of hydrogen-bond acceptors (Lipinski definition) is 7. The van der Waals surface area contributed by atoms with Gasteiger partial charge in [0.15, 0.2) is 0 Å². The number of ether oxygens (including phenoxy) is 1. The first-order valence-corrected chi connectivity index (χ1v) is 6.26. The second kappa shape index (κ2) is 5.34. The van der Waals surface area contributed by atoms with E-state index in [4.69, 9.17) is 10.6 Å². The normalized spacial score (nSPS) is 19.4. The molecule has 0 amide bonds. The van der Waals surface area contributed by atoms with Crippen LogP contribution in [0.1, 0.15) is 33.6 Å². The number of hydrazine groups is 1. The van der Waals surface area contributed by atoms with Gasteiger partial charge in [-0.05, 0) is 33.6 Å². The quantitative estimate of drug-likeness (QED) is 0.608. The molecule has 1 aromatic heterocycles. The maximum atomic E-state index is 5.51. The Morgan fingerprint density at radius 1 is 1.39 bits per heavy atom. The first-order chi connectivity index (χ1) is 8.60. The van der Waals surface area contributed by atoms with Crippen molar-refractivity contribution >= 4 is 11.9 Å². The van der Waals surface area contributed by atoms with Crippen molar-refractivity contribution in [3.05, 3.63) is 0 Å². The van der Waals surface area contributed by atoms with E-state index in [1.807, 2.05) is 13.8 Å². The van der Waals surface area contributed by atoms with Gasteiger partial charge in [-0.2, -0.15) is 15.0 Å². The topological polar surface area (TPSA) is 89.2 Å². The lowest BCUT2D eigenvalue weighted by Gasteiger charge is -2.22. The van der Waals surface area contributed by atoms with E-state index in [9.17, 15) is 0 Å². The van der Waals surface area contributed by atoms with Crippen LogP contribution in [0.4, 0.5) is 11.9 Å². The van der Waals surface area contributed by atoms with Crippen molar-refractivity contribution < 1.29 is 4.74 Å². The van der Waals surface area contributed by atoms with Gasteiger partial charge in [-0.3, -0.25) is 5.43 Å². The highest BCUT2D eigenvalue weighted by Crippen LogP contribution is 2.24. The second-order valence-corrected chi connectivity index (χ2v) is 4.74. The minimum absolute atomic E-state index is 0.0156. The Labute approximate surface area is 107 Å². The Morgan fingerprint density at radius 3 is 2.72 bits per heavy atom. The number of anilines is 2. The Morgan fingerprint density at radius 2 is 2.17 bits per heavy atom. The molecular weight excluding hydrogens is 232 g/mol. The molecule has 7 nitrogen and oxygen atoms in total. The molecule has 0 saturated carbocycles. The number of nitrogen functional groups attached to an aromatic ring is 1. The molecule has 0 spiro atoms. The van der Waals surface area contributed by atoms with Gasteiger partial charge in [-0.15, -0.1) is 0 Å². The first kappa shape index (κ1) is 12.8. The first-order valence-electron chi connectivity index (χ1n) is 6.26. The van der Waals surface area contributed by atoms with Crippen molar-refractivity contribution in [3.8, 4) is 6.01 Å². The van der Waals surface area contributed by atoms with E-state index >= 15 is 0 Å². The van der Waals surface area contributed by atoms with E-state index in [-0.39, 0.29) is 6.10 Å². The Bertz CT molecular complexity index is 411. The van der Waals surface area contributed by atoms with Crippen molar-refractivity contribution in [2.45, 2.75) is 45.8 Å². The van der Waals surface area contributed by atoms with Crippen LogP contribution in [-0.2, 0) is 0 Å². The fourth-order valence-electron chi connectivity index (χ4n) is 2.03. The lowest BCUT2D eigenvalue weighted by atomic mass is 10.2. The van der Waals surface area contributed by atoms with Crippen molar-refractivity contribution in [2.24, 2.45) is 5.84 Å². The van der Waals surface area contributed by atoms with Crippen LogP contribution in [0.25, 0.3) is 0 Å². The number of rotatable bonds is 4. The minimum Gasteiger partial charge on any atom is -0.461 e. The van der Waals surface area contributed by atoms with Crippen molar-refractivity contribution in [3.63, 3.8) is 0 Å². The highest BCUT2D eigenvalue weighted by molar-refractivity contribution is 5.39. The lowest BCUT2D eigenvalue weighted by Crippen LogP contribution is -2.29. The largest absolute Gasteiger partial charge is 0.461 e. The summed E-state index contributed by atoms with van der Waals surface area (Å²) in [6.45, 7) is 6.97. The molecular formula is C11H20N6O. The summed E-state index contributed by atoms with van der Waals surface area (Å²) in [6, 6.07) is 0.743. The lowest BCUT2D eigenvalue weighted by molar-refractivity contribution is 0.222. The maximum Gasteiger partial charge on any atom is 0.323 e. The molecule has 1 fully saturated rings. The van der Waals surface area contributed by atoms with Gasteiger partial charge in [0, 0.05) is 12.6 Å². The number of nitrogens with zero attached hydrogens (tertiary/aromatic N) is 4. The molecule has 1 aliphatic rings. The van der Waals surface area contributed by atoms with Crippen molar-refractivity contribution in [1.29, 1.82) is 0 Å². The van der Waals surface area contributed by atoms with Gasteiger partial charge in [0.25, 0.3) is 0 Å². The Kier molecular flexibility index (Phi) is 3.81. The molecule has 0 aliphatic carbocycles. The van der Waals surface area contributed by atoms with Gasteiger partial charge in [0.05, 0.1) is 6.10 Å². The summed E-state index contributed by atoms with van der Waals surface area (Å²) in [5.74, 6) is 6.33. The van der Waals surface area contributed by atoms with Crippen LogP contribution in [-0.4, -0.2) is 33.6 Å². The number of nitrogens with one attached hydrogen (secondary N) is 1. The Hall–Kier alpha value is -1.63. The van der Waals surface area contributed by atoms with Crippen LogP contribution in [0.5, 0.6) is 6.01 Å². The van der Waals surface area contributed by atoms with Gasteiger partial charge < -0.3 is 9.64 Å². The predicted molar refractivity (Wildman–Crippen MR) is 69.4 cm³/mol. The number of aromatic nitrogens is 3. The van der Waals surface area contributed by atoms with Crippen LogP contribution in [0.3, 0.4) is 0 Å². The molecule has 0 aromatic carbocycles. The van der Waals surface area contributed by atoms with Crippen LogP contribution in [0.15, 0.2) is 0 Å². The molecule has 1 aliphatic heterocycles. The Balaban J connectivity index is 2.28. The summed E-state index contributed by atoms with van der Waals surface area (Å²) in [5.41, 5.74) is 2.45.